The Labute approximate surface area is 207 Å². The normalized spacial score (nSPS) is 11.3. The Kier molecular flexibility index (Phi) is 18.8. The zero-order valence-electron chi connectivity index (χ0n) is 21.5. The summed E-state index contributed by atoms with van der Waals surface area (Å²) in [4.78, 5) is 23.2. The van der Waals surface area contributed by atoms with Crippen LogP contribution in [0.2, 0.25) is 0 Å². The van der Waals surface area contributed by atoms with Gasteiger partial charge in [-0.3, -0.25) is 4.79 Å². The van der Waals surface area contributed by atoms with E-state index < -0.39 is 0 Å². The number of ether oxygens (including phenoxy) is 3. The molecule has 34 heavy (non-hydrogen) atoms. The van der Waals surface area contributed by atoms with Crippen LogP contribution >= 0.6 is 0 Å². The molecule has 0 aliphatic heterocycles. The SMILES string of the molecule is CC(C)COC(=O)CCCCCCCCOCCCCCC/C=C/C(=O)OCc1ccccc1. The maximum Gasteiger partial charge on any atom is 0.330 e. The maximum absolute atomic E-state index is 11.7. The molecule has 1 aromatic rings. The summed E-state index contributed by atoms with van der Waals surface area (Å²) in [6.45, 7) is 6.63. The minimum absolute atomic E-state index is 0.0576. The van der Waals surface area contributed by atoms with Gasteiger partial charge in [0, 0.05) is 25.7 Å². The van der Waals surface area contributed by atoms with E-state index in [0.29, 0.717) is 25.6 Å². The number of benzene rings is 1. The molecular formula is C29H46O5. The van der Waals surface area contributed by atoms with Gasteiger partial charge >= 0.3 is 11.9 Å². The Bertz CT molecular complexity index is 654. The maximum atomic E-state index is 11.7. The van der Waals surface area contributed by atoms with E-state index in [1.807, 2.05) is 50.3 Å². The number of rotatable bonds is 21. The van der Waals surface area contributed by atoms with Crippen LogP contribution in [0.4, 0.5) is 0 Å². The molecule has 0 fully saturated rings. The number of carbonyl (C=O) groups is 2. The predicted molar refractivity (Wildman–Crippen MR) is 137 cm³/mol. The average molecular weight is 475 g/mol. The molecule has 0 saturated carbocycles. The van der Waals surface area contributed by atoms with E-state index in [4.69, 9.17) is 14.2 Å². The summed E-state index contributed by atoms with van der Waals surface area (Å²) in [5.41, 5.74) is 0.999. The second-order valence-electron chi connectivity index (χ2n) is 9.26. The van der Waals surface area contributed by atoms with Crippen LogP contribution in [0.5, 0.6) is 0 Å². The smallest absolute Gasteiger partial charge is 0.330 e. The highest BCUT2D eigenvalue weighted by atomic mass is 16.5. The molecular weight excluding hydrogens is 428 g/mol. The largest absolute Gasteiger partial charge is 0.465 e. The summed E-state index contributed by atoms with van der Waals surface area (Å²) in [5, 5.41) is 0. The Morgan fingerprint density at radius 1 is 0.794 bits per heavy atom. The van der Waals surface area contributed by atoms with E-state index in [1.54, 1.807) is 0 Å². The predicted octanol–water partition coefficient (Wildman–Crippen LogP) is 7.18. The van der Waals surface area contributed by atoms with Crippen LogP contribution in [0.3, 0.4) is 0 Å². The van der Waals surface area contributed by atoms with Gasteiger partial charge in [-0.05, 0) is 43.6 Å². The van der Waals surface area contributed by atoms with Crippen LogP contribution in [0, 0.1) is 5.92 Å². The van der Waals surface area contributed by atoms with Crippen molar-refractivity contribution in [1.82, 2.24) is 0 Å². The topological polar surface area (TPSA) is 61.8 Å². The lowest BCUT2D eigenvalue weighted by atomic mass is 10.1. The molecule has 5 nitrogen and oxygen atoms in total. The van der Waals surface area contributed by atoms with Crippen LogP contribution < -0.4 is 0 Å². The Balaban J connectivity index is 1.78. The second kappa shape index (κ2) is 21.4. The summed E-state index contributed by atoms with van der Waals surface area (Å²) in [7, 11) is 0. The van der Waals surface area contributed by atoms with Gasteiger partial charge in [-0.25, -0.2) is 4.79 Å². The molecule has 0 aliphatic carbocycles. The third-order valence-electron chi connectivity index (χ3n) is 5.38. The van der Waals surface area contributed by atoms with E-state index in [-0.39, 0.29) is 11.9 Å². The van der Waals surface area contributed by atoms with Gasteiger partial charge in [0.1, 0.15) is 6.61 Å². The second-order valence-corrected chi connectivity index (χ2v) is 9.26. The number of hydrogen-bond donors (Lipinski definition) is 0. The molecule has 0 heterocycles. The summed E-state index contributed by atoms with van der Waals surface area (Å²) < 4.78 is 16.1. The van der Waals surface area contributed by atoms with E-state index in [2.05, 4.69) is 0 Å². The molecule has 192 valence electrons. The van der Waals surface area contributed by atoms with Crippen molar-refractivity contribution in [3.8, 4) is 0 Å². The Hall–Kier alpha value is -2.14. The standard InChI is InChI=1S/C29H46O5/c1-26(2)24-33-28(30)20-14-7-3-5-9-16-22-32-23-17-10-6-4-8-15-21-29(31)34-25-27-18-12-11-13-19-27/h11-13,15,18-19,21,26H,3-10,14,16-17,20,22-25H2,1-2H3/b21-15+. The molecule has 0 saturated heterocycles. The van der Waals surface area contributed by atoms with Gasteiger partial charge in [0.25, 0.3) is 0 Å². The van der Waals surface area contributed by atoms with Crippen molar-refractivity contribution >= 4 is 11.9 Å². The zero-order chi connectivity index (χ0) is 24.7. The molecule has 0 N–H and O–H groups in total. The van der Waals surface area contributed by atoms with Gasteiger partial charge in [0.05, 0.1) is 6.61 Å². The summed E-state index contributed by atoms with van der Waals surface area (Å²) in [5.74, 6) is 0.0695. The first-order chi connectivity index (χ1) is 16.6. The van der Waals surface area contributed by atoms with Gasteiger partial charge in [-0.2, -0.15) is 0 Å². The van der Waals surface area contributed by atoms with Gasteiger partial charge in [-0.15, -0.1) is 0 Å². The molecule has 0 amide bonds. The molecule has 1 rings (SSSR count). The molecule has 0 bridgehead atoms. The Morgan fingerprint density at radius 2 is 1.41 bits per heavy atom. The first kappa shape index (κ1) is 29.9. The highest BCUT2D eigenvalue weighted by Crippen LogP contribution is 2.09. The van der Waals surface area contributed by atoms with E-state index in [0.717, 1.165) is 70.1 Å². The van der Waals surface area contributed by atoms with Crippen LogP contribution in [-0.2, 0) is 30.4 Å². The highest BCUT2D eigenvalue weighted by Gasteiger charge is 2.04. The van der Waals surface area contributed by atoms with Crippen LogP contribution in [0.15, 0.2) is 42.5 Å². The van der Waals surface area contributed by atoms with Crippen LogP contribution in [0.1, 0.15) is 96.5 Å². The Morgan fingerprint density at radius 3 is 2.09 bits per heavy atom. The van der Waals surface area contributed by atoms with Crippen molar-refractivity contribution in [2.75, 3.05) is 19.8 Å². The molecule has 0 spiro atoms. The molecule has 0 aliphatic rings. The van der Waals surface area contributed by atoms with Crippen molar-refractivity contribution < 1.29 is 23.8 Å². The minimum atomic E-state index is -0.279. The van der Waals surface area contributed by atoms with Crippen molar-refractivity contribution in [2.45, 2.75) is 97.5 Å². The lowest BCUT2D eigenvalue weighted by molar-refractivity contribution is -0.145. The lowest BCUT2D eigenvalue weighted by Gasteiger charge is -2.07. The minimum Gasteiger partial charge on any atom is -0.465 e. The number of hydrogen-bond acceptors (Lipinski definition) is 5. The zero-order valence-corrected chi connectivity index (χ0v) is 21.5. The molecule has 0 unspecified atom stereocenters. The van der Waals surface area contributed by atoms with Gasteiger partial charge < -0.3 is 14.2 Å². The molecule has 0 aromatic heterocycles. The highest BCUT2D eigenvalue weighted by molar-refractivity contribution is 5.81. The number of allylic oxidation sites excluding steroid dienone is 1. The van der Waals surface area contributed by atoms with E-state index >= 15 is 0 Å². The molecule has 0 atom stereocenters. The molecule has 0 radical (unpaired) electrons. The van der Waals surface area contributed by atoms with E-state index in [1.165, 1.54) is 25.3 Å². The summed E-state index contributed by atoms with van der Waals surface area (Å²) in [6, 6.07) is 9.71. The number of esters is 2. The van der Waals surface area contributed by atoms with Crippen molar-refractivity contribution in [2.24, 2.45) is 5.92 Å². The molecule has 1 aromatic carbocycles. The monoisotopic (exact) mass is 474 g/mol. The first-order valence-electron chi connectivity index (χ1n) is 13.2. The van der Waals surface area contributed by atoms with Gasteiger partial charge in [-0.1, -0.05) is 88.8 Å². The fourth-order valence-electron chi connectivity index (χ4n) is 3.39. The average Bonchev–Trinajstić information content (AvgIpc) is 2.84. The number of unbranched alkanes of at least 4 members (excludes halogenated alkanes) is 9. The van der Waals surface area contributed by atoms with Crippen molar-refractivity contribution in [3.05, 3.63) is 48.0 Å². The fraction of sp³-hybridized carbons (Fsp3) is 0.655. The summed E-state index contributed by atoms with van der Waals surface area (Å²) in [6.07, 6.45) is 16.1. The van der Waals surface area contributed by atoms with Crippen molar-refractivity contribution in [1.29, 1.82) is 0 Å². The number of carbonyl (C=O) groups excluding carboxylic acids is 2. The lowest BCUT2D eigenvalue weighted by Crippen LogP contribution is -2.09. The first-order valence-corrected chi connectivity index (χ1v) is 13.2. The quantitative estimate of drug-likeness (QED) is 0.107. The third-order valence-corrected chi connectivity index (χ3v) is 5.38. The van der Waals surface area contributed by atoms with E-state index in [9.17, 15) is 9.59 Å². The molecule has 5 heteroatoms. The van der Waals surface area contributed by atoms with Crippen molar-refractivity contribution in [3.63, 3.8) is 0 Å². The fourth-order valence-corrected chi connectivity index (χ4v) is 3.39. The van der Waals surface area contributed by atoms with Crippen LogP contribution in [0.25, 0.3) is 0 Å². The summed E-state index contributed by atoms with van der Waals surface area (Å²) >= 11 is 0. The van der Waals surface area contributed by atoms with Crippen LogP contribution in [-0.4, -0.2) is 31.8 Å². The third kappa shape index (κ3) is 19.3. The van der Waals surface area contributed by atoms with Gasteiger partial charge in [0.2, 0.25) is 0 Å². The van der Waals surface area contributed by atoms with Gasteiger partial charge in [0.15, 0.2) is 0 Å².